The van der Waals surface area contributed by atoms with Gasteiger partial charge >= 0.3 is 11.9 Å². The number of carbonyl (C=O) groups is 3. The summed E-state index contributed by atoms with van der Waals surface area (Å²) in [6, 6.07) is 5.60. The van der Waals surface area contributed by atoms with E-state index >= 15 is 0 Å². The Hall–Kier alpha value is -4.13. The van der Waals surface area contributed by atoms with Crippen LogP contribution in [0.1, 0.15) is 44.8 Å². The number of furan rings is 1. The van der Waals surface area contributed by atoms with Crippen LogP contribution in [0.2, 0.25) is 0 Å². The average molecular weight is 503 g/mol. The monoisotopic (exact) mass is 503 g/mol. The van der Waals surface area contributed by atoms with Gasteiger partial charge in [0.1, 0.15) is 5.76 Å². The first-order valence-electron chi connectivity index (χ1n) is 10.9. The zero-order chi connectivity index (χ0) is 25.8. The molecule has 1 fully saturated rings. The molecule has 0 aliphatic carbocycles. The Bertz CT molecular complexity index is 1260. The van der Waals surface area contributed by atoms with Gasteiger partial charge in [0.2, 0.25) is 11.6 Å². The summed E-state index contributed by atoms with van der Waals surface area (Å²) in [7, 11) is 2.29. The van der Waals surface area contributed by atoms with Crippen molar-refractivity contribution >= 4 is 17.8 Å². The average Bonchev–Trinajstić information content (AvgIpc) is 3.63. The molecule has 13 heteroatoms. The molecule has 1 saturated heterocycles. The van der Waals surface area contributed by atoms with Crippen molar-refractivity contribution < 1.29 is 37.1 Å². The van der Waals surface area contributed by atoms with Crippen LogP contribution in [0.3, 0.4) is 0 Å². The first-order valence-corrected chi connectivity index (χ1v) is 10.9. The molecule has 0 radical (unpaired) electrons. The molecule has 1 N–H and O–H groups in total. The lowest BCUT2D eigenvalue weighted by molar-refractivity contribution is -0.125. The molecular formula is C23H23F2N5O6. The number of nitrogens with zero attached hydrogens (tertiary/aromatic N) is 4. The SMILES string of the molecule is COC(=O)c1nnn([C@H]2C[C@@H](C(=O)NCc3ccco3)N(Cc3ccc(F)c(F)c3)C2)c1C(=O)OC. The lowest BCUT2D eigenvalue weighted by Crippen LogP contribution is -2.42. The largest absolute Gasteiger partial charge is 0.467 e. The predicted octanol–water partition coefficient (Wildman–Crippen LogP) is 1.85. The Kier molecular flexibility index (Phi) is 7.38. The summed E-state index contributed by atoms with van der Waals surface area (Å²) in [4.78, 5) is 39.5. The van der Waals surface area contributed by atoms with Crippen LogP contribution in [0.25, 0.3) is 0 Å². The molecule has 1 aromatic carbocycles. The van der Waals surface area contributed by atoms with Crippen LogP contribution in [0, 0.1) is 11.6 Å². The molecule has 190 valence electrons. The highest BCUT2D eigenvalue weighted by molar-refractivity contribution is 6.00. The highest BCUT2D eigenvalue weighted by atomic mass is 19.2. The van der Waals surface area contributed by atoms with Crippen LogP contribution in [0.5, 0.6) is 0 Å². The van der Waals surface area contributed by atoms with Crippen molar-refractivity contribution in [3.05, 3.63) is 70.9 Å². The maximum atomic E-state index is 13.8. The van der Waals surface area contributed by atoms with E-state index in [-0.39, 0.29) is 43.4 Å². The van der Waals surface area contributed by atoms with Crippen molar-refractivity contribution in [2.24, 2.45) is 0 Å². The van der Waals surface area contributed by atoms with E-state index < -0.39 is 35.7 Å². The second-order valence-corrected chi connectivity index (χ2v) is 8.09. The fraction of sp³-hybridized carbons (Fsp3) is 0.348. The van der Waals surface area contributed by atoms with Crippen LogP contribution in [-0.4, -0.2) is 64.5 Å². The third kappa shape index (κ3) is 5.10. The second kappa shape index (κ2) is 10.6. The van der Waals surface area contributed by atoms with Crippen molar-refractivity contribution in [3.63, 3.8) is 0 Å². The van der Waals surface area contributed by atoms with E-state index in [2.05, 4.69) is 20.4 Å². The van der Waals surface area contributed by atoms with E-state index in [1.165, 1.54) is 17.0 Å². The third-order valence-corrected chi connectivity index (χ3v) is 5.87. The molecule has 4 rings (SSSR count). The molecule has 1 aliphatic heterocycles. The molecule has 0 spiro atoms. The molecular weight excluding hydrogens is 480 g/mol. The van der Waals surface area contributed by atoms with Gasteiger partial charge in [0.15, 0.2) is 17.3 Å². The molecule has 36 heavy (non-hydrogen) atoms. The minimum Gasteiger partial charge on any atom is -0.467 e. The number of benzene rings is 1. The van der Waals surface area contributed by atoms with Gasteiger partial charge in [0.25, 0.3) is 0 Å². The molecule has 1 amide bonds. The van der Waals surface area contributed by atoms with Crippen molar-refractivity contribution in [3.8, 4) is 0 Å². The smallest absolute Gasteiger partial charge is 0.361 e. The molecule has 3 heterocycles. The molecule has 0 bridgehead atoms. The number of nitrogens with one attached hydrogen (secondary N) is 1. The summed E-state index contributed by atoms with van der Waals surface area (Å²) < 4.78 is 43.2. The normalized spacial score (nSPS) is 17.7. The van der Waals surface area contributed by atoms with E-state index in [9.17, 15) is 23.2 Å². The molecule has 11 nitrogen and oxygen atoms in total. The van der Waals surface area contributed by atoms with E-state index in [0.29, 0.717) is 11.3 Å². The Morgan fingerprint density at radius 3 is 2.58 bits per heavy atom. The summed E-state index contributed by atoms with van der Waals surface area (Å²) >= 11 is 0. The molecule has 0 unspecified atom stereocenters. The number of halogens is 2. The molecule has 1 aliphatic rings. The summed E-state index contributed by atoms with van der Waals surface area (Å²) in [6.07, 6.45) is 1.67. The van der Waals surface area contributed by atoms with Crippen molar-refractivity contribution in [1.82, 2.24) is 25.2 Å². The Balaban J connectivity index is 1.62. The Morgan fingerprint density at radius 1 is 1.14 bits per heavy atom. The van der Waals surface area contributed by atoms with Crippen molar-refractivity contribution in [1.29, 1.82) is 0 Å². The number of rotatable bonds is 8. The summed E-state index contributed by atoms with van der Waals surface area (Å²) in [5.74, 6) is -3.49. The first kappa shape index (κ1) is 25.0. The van der Waals surface area contributed by atoms with E-state index in [0.717, 1.165) is 26.4 Å². The number of esters is 2. The van der Waals surface area contributed by atoms with Gasteiger partial charge in [0.05, 0.1) is 39.1 Å². The maximum Gasteiger partial charge on any atom is 0.361 e. The van der Waals surface area contributed by atoms with Crippen LogP contribution < -0.4 is 5.32 Å². The van der Waals surface area contributed by atoms with Gasteiger partial charge in [-0.1, -0.05) is 11.3 Å². The topological polar surface area (TPSA) is 129 Å². The highest BCUT2D eigenvalue weighted by Gasteiger charge is 2.41. The number of hydrogen-bond donors (Lipinski definition) is 1. The standard InChI is InChI=1S/C23H23F2N5O6/c1-34-22(32)19-20(23(33)35-2)30(28-27-19)14-9-18(21(31)26-10-15-4-3-7-36-15)29(12-14)11-13-5-6-16(24)17(25)8-13/h3-8,14,18H,9-12H2,1-2H3,(H,26,31)/t14-,18-/m0/s1. The van der Waals surface area contributed by atoms with Gasteiger partial charge in [-0.25, -0.2) is 23.1 Å². The van der Waals surface area contributed by atoms with Crippen LogP contribution in [-0.2, 0) is 27.4 Å². The van der Waals surface area contributed by atoms with Crippen molar-refractivity contribution in [2.45, 2.75) is 31.6 Å². The highest BCUT2D eigenvalue weighted by Crippen LogP contribution is 2.31. The fourth-order valence-corrected chi connectivity index (χ4v) is 4.15. The maximum absolute atomic E-state index is 13.8. The number of hydrogen-bond acceptors (Lipinski definition) is 9. The second-order valence-electron chi connectivity index (χ2n) is 8.09. The fourth-order valence-electron chi connectivity index (χ4n) is 4.15. The summed E-state index contributed by atoms with van der Waals surface area (Å²) in [5, 5.41) is 10.5. The Morgan fingerprint density at radius 2 is 1.92 bits per heavy atom. The lowest BCUT2D eigenvalue weighted by Gasteiger charge is -2.23. The van der Waals surface area contributed by atoms with Crippen LogP contribution in [0.4, 0.5) is 8.78 Å². The Labute approximate surface area is 203 Å². The van der Waals surface area contributed by atoms with Gasteiger partial charge in [-0.2, -0.15) is 0 Å². The minimum absolute atomic E-state index is 0.110. The van der Waals surface area contributed by atoms with Crippen molar-refractivity contribution in [2.75, 3.05) is 20.8 Å². The molecule has 2 atom stereocenters. The molecule has 0 saturated carbocycles. The number of ether oxygens (including phenoxy) is 2. The van der Waals surface area contributed by atoms with E-state index in [1.54, 1.807) is 17.0 Å². The number of likely N-dealkylation sites (tertiary alicyclic amines) is 1. The zero-order valence-electron chi connectivity index (χ0n) is 19.4. The zero-order valence-corrected chi connectivity index (χ0v) is 19.4. The first-order chi connectivity index (χ1) is 17.3. The van der Waals surface area contributed by atoms with Gasteiger partial charge < -0.3 is 19.2 Å². The molecule has 2 aromatic heterocycles. The predicted molar refractivity (Wildman–Crippen MR) is 117 cm³/mol. The number of methoxy groups -OCH3 is 2. The van der Waals surface area contributed by atoms with Gasteiger partial charge in [-0.3, -0.25) is 9.69 Å². The van der Waals surface area contributed by atoms with E-state index in [1.807, 2.05) is 0 Å². The minimum atomic E-state index is -1.01. The molecule has 3 aromatic rings. The van der Waals surface area contributed by atoms with Crippen LogP contribution >= 0.6 is 0 Å². The summed E-state index contributed by atoms with van der Waals surface area (Å²) in [6.45, 7) is 0.444. The van der Waals surface area contributed by atoms with Gasteiger partial charge in [0, 0.05) is 13.1 Å². The van der Waals surface area contributed by atoms with E-state index in [4.69, 9.17) is 9.15 Å². The van der Waals surface area contributed by atoms with Gasteiger partial charge in [-0.05, 0) is 36.2 Å². The lowest BCUT2D eigenvalue weighted by atomic mass is 10.1. The quantitative estimate of drug-likeness (QED) is 0.458. The summed E-state index contributed by atoms with van der Waals surface area (Å²) in [5.41, 5.74) is -0.0820. The number of aromatic nitrogens is 3. The number of carbonyl (C=O) groups excluding carboxylic acids is 3. The third-order valence-electron chi connectivity index (χ3n) is 5.87. The van der Waals surface area contributed by atoms with Gasteiger partial charge in [-0.15, -0.1) is 5.10 Å². The number of amides is 1. The van der Waals surface area contributed by atoms with Crippen LogP contribution in [0.15, 0.2) is 41.0 Å².